The van der Waals surface area contributed by atoms with Crippen molar-refractivity contribution in [3.8, 4) is 0 Å². The summed E-state index contributed by atoms with van der Waals surface area (Å²) in [4.78, 5) is 0. The van der Waals surface area contributed by atoms with Gasteiger partial charge in [-0.2, -0.15) is 18.3 Å². The molecular weight excluding hydrogens is 345 g/mol. The van der Waals surface area contributed by atoms with E-state index in [-0.39, 0.29) is 18.8 Å². The van der Waals surface area contributed by atoms with E-state index in [1.165, 1.54) is 11.7 Å². The summed E-state index contributed by atoms with van der Waals surface area (Å²) in [7, 11) is -1.94. The number of benzene rings is 1. The standard InChI is InChI=1S/C14H17F3N4O2S/c1-21-13(12(8-19-21)14(15,16)17)9-18-7-10-4-3-5-11(6-10)20-24(2,22)23/h3-6,8,18,20H,7,9H2,1-2H3. The fraction of sp³-hybridized carbons (Fsp3) is 0.357. The van der Waals surface area contributed by atoms with Gasteiger partial charge in [0.1, 0.15) is 0 Å². The van der Waals surface area contributed by atoms with E-state index in [1.807, 2.05) is 0 Å². The molecule has 0 aliphatic rings. The first-order valence-electron chi connectivity index (χ1n) is 6.92. The number of halogens is 3. The molecule has 0 amide bonds. The van der Waals surface area contributed by atoms with Crippen LogP contribution in [0.15, 0.2) is 30.5 Å². The molecule has 0 unspecified atom stereocenters. The lowest BCUT2D eigenvalue weighted by Gasteiger charge is -2.11. The third-order valence-corrected chi connectivity index (χ3v) is 3.83. The molecule has 1 heterocycles. The zero-order chi connectivity index (χ0) is 18.0. The molecule has 0 fully saturated rings. The van der Waals surface area contributed by atoms with Crippen LogP contribution < -0.4 is 10.0 Å². The highest BCUT2D eigenvalue weighted by atomic mass is 32.2. The van der Waals surface area contributed by atoms with Crippen molar-refractivity contribution in [2.45, 2.75) is 19.3 Å². The Morgan fingerprint density at radius 2 is 1.96 bits per heavy atom. The SMILES string of the molecule is Cn1ncc(C(F)(F)F)c1CNCc1cccc(NS(C)(=O)=O)c1. The van der Waals surface area contributed by atoms with Crippen molar-refractivity contribution in [2.24, 2.45) is 7.05 Å². The van der Waals surface area contributed by atoms with Gasteiger partial charge >= 0.3 is 6.18 Å². The van der Waals surface area contributed by atoms with Gasteiger partial charge in [-0.15, -0.1) is 0 Å². The number of hydrogen-bond donors (Lipinski definition) is 2. The predicted molar refractivity (Wildman–Crippen MR) is 83.7 cm³/mol. The lowest BCUT2D eigenvalue weighted by molar-refractivity contribution is -0.138. The summed E-state index contributed by atoms with van der Waals surface area (Å²) >= 11 is 0. The van der Waals surface area contributed by atoms with Crippen molar-refractivity contribution < 1.29 is 21.6 Å². The average Bonchev–Trinajstić information content (AvgIpc) is 2.79. The molecule has 24 heavy (non-hydrogen) atoms. The van der Waals surface area contributed by atoms with Gasteiger partial charge in [0.15, 0.2) is 0 Å². The first-order chi connectivity index (χ1) is 11.1. The minimum Gasteiger partial charge on any atom is -0.307 e. The van der Waals surface area contributed by atoms with Crippen LogP contribution in [-0.2, 0) is 36.3 Å². The molecule has 2 N–H and O–H groups in total. The quantitative estimate of drug-likeness (QED) is 0.825. The summed E-state index contributed by atoms with van der Waals surface area (Å²) < 4.78 is 64.6. The molecule has 0 aliphatic carbocycles. The smallest absolute Gasteiger partial charge is 0.307 e. The number of sulfonamides is 1. The lowest BCUT2D eigenvalue weighted by Crippen LogP contribution is -2.19. The molecule has 0 aliphatic heterocycles. The van der Waals surface area contributed by atoms with E-state index in [0.717, 1.165) is 18.0 Å². The van der Waals surface area contributed by atoms with Gasteiger partial charge in [-0.05, 0) is 17.7 Å². The second-order valence-electron chi connectivity index (χ2n) is 5.30. The Balaban J connectivity index is 2.03. The zero-order valence-corrected chi connectivity index (χ0v) is 13.9. The molecule has 0 spiro atoms. The lowest BCUT2D eigenvalue weighted by atomic mass is 10.2. The highest BCUT2D eigenvalue weighted by molar-refractivity contribution is 7.92. The van der Waals surface area contributed by atoms with Gasteiger partial charge in [0, 0.05) is 25.8 Å². The molecule has 132 valence electrons. The van der Waals surface area contributed by atoms with Gasteiger partial charge in [-0.25, -0.2) is 8.42 Å². The number of hydrogen-bond acceptors (Lipinski definition) is 4. The number of aromatic nitrogens is 2. The van der Waals surface area contributed by atoms with Gasteiger partial charge in [0.05, 0.1) is 23.7 Å². The van der Waals surface area contributed by atoms with E-state index in [9.17, 15) is 21.6 Å². The molecule has 0 radical (unpaired) electrons. The van der Waals surface area contributed by atoms with Crippen LogP contribution in [0.2, 0.25) is 0 Å². The van der Waals surface area contributed by atoms with Crippen molar-refractivity contribution in [1.29, 1.82) is 0 Å². The van der Waals surface area contributed by atoms with E-state index in [1.54, 1.807) is 24.3 Å². The van der Waals surface area contributed by atoms with E-state index < -0.39 is 21.8 Å². The fourth-order valence-corrected chi connectivity index (χ4v) is 2.75. The van der Waals surface area contributed by atoms with Gasteiger partial charge in [-0.3, -0.25) is 9.40 Å². The van der Waals surface area contributed by atoms with Crippen molar-refractivity contribution in [3.05, 3.63) is 47.3 Å². The molecule has 2 aromatic rings. The van der Waals surface area contributed by atoms with Crippen LogP contribution in [0.4, 0.5) is 18.9 Å². The van der Waals surface area contributed by atoms with Crippen molar-refractivity contribution >= 4 is 15.7 Å². The van der Waals surface area contributed by atoms with Crippen LogP contribution >= 0.6 is 0 Å². The summed E-state index contributed by atoms with van der Waals surface area (Å²) in [5.74, 6) is 0. The molecule has 0 bridgehead atoms. The molecule has 0 atom stereocenters. The maximum Gasteiger partial charge on any atom is 0.419 e. The maximum atomic E-state index is 12.9. The largest absolute Gasteiger partial charge is 0.419 e. The van der Waals surface area contributed by atoms with Crippen LogP contribution in [0.1, 0.15) is 16.8 Å². The average molecular weight is 362 g/mol. The molecular formula is C14H17F3N4O2S. The van der Waals surface area contributed by atoms with Crippen molar-refractivity contribution in [3.63, 3.8) is 0 Å². The minimum absolute atomic E-state index is 0.0188. The van der Waals surface area contributed by atoms with Gasteiger partial charge < -0.3 is 5.32 Å². The van der Waals surface area contributed by atoms with Gasteiger partial charge in [-0.1, -0.05) is 12.1 Å². The Bertz CT molecular complexity index is 816. The highest BCUT2D eigenvalue weighted by Gasteiger charge is 2.35. The Labute approximate surface area is 137 Å². The van der Waals surface area contributed by atoms with E-state index in [0.29, 0.717) is 5.69 Å². The summed E-state index contributed by atoms with van der Waals surface area (Å²) in [6.07, 6.45) is -2.61. The van der Waals surface area contributed by atoms with Crippen LogP contribution in [0.5, 0.6) is 0 Å². The third-order valence-electron chi connectivity index (χ3n) is 3.22. The topological polar surface area (TPSA) is 76.0 Å². The molecule has 0 saturated carbocycles. The maximum absolute atomic E-state index is 12.9. The Kier molecular flexibility index (Phi) is 5.19. The summed E-state index contributed by atoms with van der Waals surface area (Å²) in [5.41, 5.74) is 0.394. The van der Waals surface area contributed by atoms with Crippen molar-refractivity contribution in [2.75, 3.05) is 11.0 Å². The Morgan fingerprint density at radius 1 is 1.25 bits per heavy atom. The van der Waals surface area contributed by atoms with Crippen LogP contribution in [-0.4, -0.2) is 24.5 Å². The molecule has 10 heteroatoms. The number of anilines is 1. The van der Waals surface area contributed by atoms with E-state index in [4.69, 9.17) is 0 Å². The Morgan fingerprint density at radius 3 is 2.58 bits per heavy atom. The van der Waals surface area contributed by atoms with Gasteiger partial charge in [0.2, 0.25) is 10.0 Å². The summed E-state index contributed by atoms with van der Waals surface area (Å²) in [6, 6.07) is 6.61. The number of nitrogens with zero attached hydrogens (tertiary/aromatic N) is 2. The van der Waals surface area contributed by atoms with Crippen LogP contribution in [0.3, 0.4) is 0 Å². The monoisotopic (exact) mass is 362 g/mol. The van der Waals surface area contributed by atoms with Crippen LogP contribution in [0, 0.1) is 0 Å². The second-order valence-corrected chi connectivity index (χ2v) is 7.05. The first kappa shape index (κ1) is 18.3. The van der Waals surface area contributed by atoms with Crippen molar-refractivity contribution in [1.82, 2.24) is 15.1 Å². The molecule has 1 aromatic carbocycles. The van der Waals surface area contributed by atoms with Gasteiger partial charge in [0.25, 0.3) is 0 Å². The Hall–Kier alpha value is -2.07. The number of rotatable bonds is 6. The summed E-state index contributed by atoms with van der Waals surface area (Å²) in [6.45, 7) is 0.261. The summed E-state index contributed by atoms with van der Waals surface area (Å²) in [5, 5.41) is 6.55. The first-order valence-corrected chi connectivity index (χ1v) is 8.81. The van der Waals surface area contributed by atoms with Crippen LogP contribution in [0.25, 0.3) is 0 Å². The molecule has 0 saturated heterocycles. The zero-order valence-electron chi connectivity index (χ0n) is 13.1. The molecule has 2 rings (SSSR count). The minimum atomic E-state index is -4.45. The second kappa shape index (κ2) is 6.81. The van der Waals surface area contributed by atoms with E-state index in [2.05, 4.69) is 15.1 Å². The number of aryl methyl sites for hydroxylation is 1. The highest BCUT2D eigenvalue weighted by Crippen LogP contribution is 2.31. The molecule has 1 aromatic heterocycles. The third kappa shape index (κ3) is 4.96. The number of nitrogens with one attached hydrogen (secondary N) is 2. The molecule has 6 nitrogen and oxygen atoms in total. The normalized spacial score (nSPS) is 12.4. The van der Waals surface area contributed by atoms with E-state index >= 15 is 0 Å². The number of alkyl halides is 3. The fourth-order valence-electron chi connectivity index (χ4n) is 2.19. The predicted octanol–water partition coefficient (Wildman–Crippen LogP) is 2.10.